The number of cyclic esters (lactones) is 1. The maximum Gasteiger partial charge on any atom is 0.311 e. The van der Waals surface area contributed by atoms with Crippen molar-refractivity contribution < 1.29 is 62.9 Å². The fourth-order valence-electron chi connectivity index (χ4n) is 9.62. The summed E-state index contributed by atoms with van der Waals surface area (Å²) in [6.07, 6.45) is -7.45. The fourth-order valence-corrected chi connectivity index (χ4v) is 9.62. The molecule has 4 aliphatic heterocycles. The highest BCUT2D eigenvalue weighted by Gasteiger charge is 2.58. The average molecular weight is 747 g/mol. The molecule has 0 aliphatic carbocycles. The average Bonchev–Trinajstić information content (AvgIpc) is 3.40. The Balaban J connectivity index is 1.85. The van der Waals surface area contributed by atoms with Gasteiger partial charge in [-0.2, -0.15) is 0 Å². The number of aliphatic hydroxyl groups excluding tert-OH is 3. The monoisotopic (exact) mass is 747 g/mol. The lowest BCUT2D eigenvalue weighted by Gasteiger charge is -2.49. The molecule has 0 amide bonds. The molecule has 4 heterocycles. The van der Waals surface area contributed by atoms with Crippen molar-refractivity contribution in [1.82, 2.24) is 0 Å². The molecule has 4 fully saturated rings. The molecular weight excluding hydrogens is 674 g/mol. The number of hydrogen-bond donors (Lipinski definition) is 4. The second-order valence-corrected chi connectivity index (χ2v) is 17.9. The Morgan fingerprint density at radius 2 is 1.54 bits per heavy atom. The van der Waals surface area contributed by atoms with Crippen molar-refractivity contribution in [2.24, 2.45) is 23.7 Å². The van der Waals surface area contributed by atoms with Crippen LogP contribution in [0, 0.1) is 23.7 Å². The van der Waals surface area contributed by atoms with Crippen LogP contribution < -0.4 is 0 Å². The molecule has 4 saturated heterocycles. The molecule has 304 valence electrons. The van der Waals surface area contributed by atoms with Crippen molar-refractivity contribution >= 4 is 5.97 Å². The van der Waals surface area contributed by atoms with Crippen LogP contribution in [-0.4, -0.2) is 149 Å². The van der Waals surface area contributed by atoms with Crippen LogP contribution >= 0.6 is 0 Å². The summed E-state index contributed by atoms with van der Waals surface area (Å²) in [5, 5.41) is 46.4. The largest absolute Gasteiger partial charge is 0.459 e. The second-order valence-electron chi connectivity index (χ2n) is 17.9. The first-order valence-corrected chi connectivity index (χ1v) is 19.6. The molecule has 52 heavy (non-hydrogen) atoms. The number of hydrogen-bond acceptors (Lipinski definition) is 12. The van der Waals surface area contributed by atoms with Crippen molar-refractivity contribution in [3.63, 3.8) is 0 Å². The van der Waals surface area contributed by atoms with Gasteiger partial charge in [0.2, 0.25) is 0 Å². The van der Waals surface area contributed by atoms with E-state index in [1.807, 2.05) is 27.7 Å². The lowest BCUT2D eigenvalue weighted by Crippen LogP contribution is -2.64. The Bertz CT molecular complexity index is 1200. The molecule has 4 rings (SSSR count). The highest BCUT2D eigenvalue weighted by molar-refractivity contribution is 5.73. The molecule has 19 atom stereocenters. The van der Waals surface area contributed by atoms with Gasteiger partial charge in [-0.15, -0.1) is 0 Å². The molecule has 0 aromatic carbocycles. The molecule has 0 aromatic heterocycles. The van der Waals surface area contributed by atoms with Gasteiger partial charge in [0.15, 0.2) is 18.7 Å². The zero-order chi connectivity index (χ0) is 39.3. The summed E-state index contributed by atoms with van der Waals surface area (Å²) in [5.74, 6) is -2.72. The van der Waals surface area contributed by atoms with E-state index in [4.69, 9.17) is 33.2 Å². The quantitative estimate of drug-likeness (QED) is 0.213. The Morgan fingerprint density at radius 1 is 0.904 bits per heavy atom. The van der Waals surface area contributed by atoms with Crippen LogP contribution in [0.2, 0.25) is 0 Å². The van der Waals surface area contributed by atoms with E-state index in [1.54, 1.807) is 27.7 Å². The number of esters is 1. The van der Waals surface area contributed by atoms with Crippen molar-refractivity contribution in [2.75, 3.05) is 27.7 Å². The van der Waals surface area contributed by atoms with E-state index in [9.17, 15) is 25.2 Å². The number of quaternary nitrogens is 1. The number of likely N-dealkylation sites (N-methyl/N-ethyl adjacent to an activating group) is 1. The van der Waals surface area contributed by atoms with Crippen LogP contribution in [0.25, 0.3) is 0 Å². The summed E-state index contributed by atoms with van der Waals surface area (Å²) in [6.45, 7) is 21.3. The third kappa shape index (κ3) is 8.40. The highest BCUT2D eigenvalue weighted by Crippen LogP contribution is 2.48. The predicted octanol–water partition coefficient (Wildman–Crippen LogP) is 3.16. The van der Waals surface area contributed by atoms with Gasteiger partial charge in [0.25, 0.3) is 0 Å². The van der Waals surface area contributed by atoms with Gasteiger partial charge in [-0.05, 0) is 67.2 Å². The van der Waals surface area contributed by atoms with Gasteiger partial charge in [0, 0.05) is 31.8 Å². The summed E-state index contributed by atoms with van der Waals surface area (Å²) in [5.41, 5.74) is -3.77. The maximum atomic E-state index is 14.2. The minimum Gasteiger partial charge on any atom is -0.459 e. The van der Waals surface area contributed by atoms with E-state index in [-0.39, 0.29) is 30.9 Å². The number of carbonyl (C=O) groups is 1. The van der Waals surface area contributed by atoms with E-state index in [2.05, 4.69) is 27.9 Å². The zero-order valence-electron chi connectivity index (χ0n) is 34.3. The fraction of sp³-hybridized carbons (Fsp3) is 0.974. The van der Waals surface area contributed by atoms with Crippen molar-refractivity contribution in [3.8, 4) is 0 Å². The van der Waals surface area contributed by atoms with Gasteiger partial charge >= 0.3 is 5.97 Å². The predicted molar refractivity (Wildman–Crippen MR) is 193 cm³/mol. The first kappa shape index (κ1) is 43.8. The van der Waals surface area contributed by atoms with E-state index in [1.165, 1.54) is 14.0 Å². The summed E-state index contributed by atoms with van der Waals surface area (Å²) < 4.78 is 45.8. The normalized spacial score (nSPS) is 51.2. The molecule has 13 heteroatoms. The summed E-state index contributed by atoms with van der Waals surface area (Å²) in [4.78, 5) is 14.2. The van der Waals surface area contributed by atoms with Crippen molar-refractivity contribution in [1.29, 1.82) is 0 Å². The molecule has 0 saturated carbocycles. The third-order valence-electron chi connectivity index (χ3n) is 13.4. The van der Waals surface area contributed by atoms with Crippen LogP contribution in [0.3, 0.4) is 0 Å². The standard InChI is InChI=1S/C39H72NO12/c1-15-27-39(11,45)32(42)22(5)30-20(3)18-38(10,52-30)34(51-36-29(41)26(17-21(4)47-36)40(12,13)16-2)23(6)31(24(7)35(44)49-27)50-28-19-37(9,46-14)33(43)25(8)48-28/h20-34,36,41-43,45H,15-19H2,1-14H3/q+1/t20-,21-,22+,23+,24-,25+,26+,27-,28+,29-,30-,31+,32-,33+,34-,36+,37-,38-,39-/m1/s1. The molecule has 0 unspecified atom stereocenters. The van der Waals surface area contributed by atoms with Crippen molar-refractivity contribution in [2.45, 2.75) is 192 Å². The van der Waals surface area contributed by atoms with E-state index >= 15 is 0 Å². The second kappa shape index (κ2) is 16.3. The summed E-state index contributed by atoms with van der Waals surface area (Å²) in [6, 6.07) is -0.160. The van der Waals surface area contributed by atoms with Crippen LogP contribution in [0.4, 0.5) is 0 Å². The Hall–Kier alpha value is -0.970. The minimum absolute atomic E-state index is 0.0582. The molecule has 0 spiro atoms. The molecule has 0 radical (unpaired) electrons. The van der Waals surface area contributed by atoms with Gasteiger partial charge in [-0.25, -0.2) is 0 Å². The number of rotatable bonds is 8. The summed E-state index contributed by atoms with van der Waals surface area (Å²) in [7, 11) is 5.72. The first-order chi connectivity index (χ1) is 24.0. The number of aliphatic hydroxyl groups is 4. The molecule has 4 aliphatic rings. The number of ether oxygens (including phenoxy) is 7. The van der Waals surface area contributed by atoms with Gasteiger partial charge in [-0.3, -0.25) is 4.79 Å². The third-order valence-corrected chi connectivity index (χ3v) is 13.4. The SMILES string of the molecule is CC[C@H]1OC(=O)[C@H](C)[C@@H](O[C@H]2C[C@@](C)(OC)[C@@H](O)[C@H](C)O2)[C@H](C)[C@@H](O[C@@H]2O[C@H](C)C[C@H]([N+](C)(C)CC)[C@H]2O)[C@@]2(C)C[C@@H](C)[C@@H](O2)[C@H](C)[C@@H](O)[C@]1(C)O. The molecule has 4 N–H and O–H groups in total. The number of nitrogens with zero attached hydrogens (tertiary/aromatic N) is 1. The van der Waals surface area contributed by atoms with E-state index < -0.39 is 102 Å². The van der Waals surface area contributed by atoms with E-state index in [0.717, 1.165) is 6.54 Å². The first-order valence-electron chi connectivity index (χ1n) is 19.6. The Kier molecular flexibility index (Phi) is 13.7. The van der Waals surface area contributed by atoms with Gasteiger partial charge < -0.3 is 58.1 Å². The minimum atomic E-state index is -1.79. The zero-order valence-corrected chi connectivity index (χ0v) is 34.3. The smallest absolute Gasteiger partial charge is 0.311 e. The molecular formula is C39H72NO12+. The van der Waals surface area contributed by atoms with Crippen LogP contribution in [0.15, 0.2) is 0 Å². The van der Waals surface area contributed by atoms with Gasteiger partial charge in [0.05, 0.1) is 74.4 Å². The van der Waals surface area contributed by atoms with Crippen LogP contribution in [-0.2, 0) is 38.0 Å². The van der Waals surface area contributed by atoms with Crippen LogP contribution in [0.1, 0.15) is 102 Å². The topological polar surface area (TPSA) is 163 Å². The Morgan fingerprint density at radius 3 is 2.12 bits per heavy atom. The van der Waals surface area contributed by atoms with Gasteiger partial charge in [0.1, 0.15) is 23.9 Å². The lowest BCUT2D eigenvalue weighted by atomic mass is 9.76. The van der Waals surface area contributed by atoms with Crippen molar-refractivity contribution in [3.05, 3.63) is 0 Å². The molecule has 13 nitrogen and oxygen atoms in total. The molecule has 0 aromatic rings. The number of fused-ring (bicyclic) bond motifs is 2. The van der Waals surface area contributed by atoms with Gasteiger partial charge in [-0.1, -0.05) is 27.7 Å². The number of carbonyl (C=O) groups excluding carboxylic acids is 1. The summed E-state index contributed by atoms with van der Waals surface area (Å²) >= 11 is 0. The highest BCUT2D eigenvalue weighted by atomic mass is 16.7. The Labute approximate surface area is 312 Å². The maximum absolute atomic E-state index is 14.2. The molecule has 2 bridgehead atoms. The van der Waals surface area contributed by atoms with E-state index in [0.29, 0.717) is 17.3 Å². The lowest BCUT2D eigenvalue weighted by molar-refractivity contribution is -0.920. The number of methoxy groups -OCH3 is 1. The van der Waals surface area contributed by atoms with Crippen LogP contribution in [0.5, 0.6) is 0 Å².